The average molecular weight is 731 g/mol. The molecular formula is C51H30N4S. The maximum atomic E-state index is 5.23. The zero-order valence-electron chi connectivity index (χ0n) is 30.0. The topological polar surface area (TPSA) is 43.6 Å². The van der Waals surface area contributed by atoms with E-state index in [1.165, 1.54) is 69.1 Å². The van der Waals surface area contributed by atoms with E-state index in [0.29, 0.717) is 17.5 Å². The minimum Gasteiger partial charge on any atom is -0.309 e. The van der Waals surface area contributed by atoms with E-state index in [-0.39, 0.29) is 0 Å². The van der Waals surface area contributed by atoms with Crippen molar-refractivity contribution < 1.29 is 0 Å². The summed E-state index contributed by atoms with van der Waals surface area (Å²) in [5, 5.41) is 10.1. The summed E-state index contributed by atoms with van der Waals surface area (Å²) >= 11 is 1.83. The lowest BCUT2D eigenvalue weighted by Crippen LogP contribution is -2.00. The van der Waals surface area contributed by atoms with Gasteiger partial charge in [-0.25, -0.2) is 15.0 Å². The number of nitrogens with zero attached hydrogens (tertiary/aromatic N) is 4. The first-order chi connectivity index (χ1) is 27.8. The van der Waals surface area contributed by atoms with Crippen LogP contribution in [0.3, 0.4) is 0 Å². The lowest BCUT2D eigenvalue weighted by Gasteiger charge is -2.13. The molecule has 5 heteroatoms. The third-order valence-electron chi connectivity index (χ3n) is 11.2. The van der Waals surface area contributed by atoms with Crippen molar-refractivity contribution in [1.29, 1.82) is 0 Å². The number of rotatable bonds is 5. The summed E-state index contributed by atoms with van der Waals surface area (Å²) in [7, 11) is 0. The van der Waals surface area contributed by atoms with Crippen molar-refractivity contribution in [2.75, 3.05) is 0 Å². The zero-order chi connectivity index (χ0) is 36.7. The quantitative estimate of drug-likeness (QED) is 0.166. The SMILES string of the molecule is c1ccc(-c2ccc(-c3nc(-c4ccccc4)nc(-c4ccc5c6cc7c(cc6c6cccc8sc4c5c86)c4ccccc4n7-c4ccccc4)n3)cc2)cc1. The Morgan fingerprint density at radius 1 is 0.357 bits per heavy atom. The van der Waals surface area contributed by atoms with E-state index < -0.39 is 0 Å². The molecule has 12 aromatic rings. The van der Waals surface area contributed by atoms with Gasteiger partial charge in [0, 0.05) is 53.3 Å². The van der Waals surface area contributed by atoms with Crippen LogP contribution in [0.5, 0.6) is 0 Å². The summed E-state index contributed by atoms with van der Waals surface area (Å²) < 4.78 is 4.86. The lowest BCUT2D eigenvalue weighted by atomic mass is 9.92. The highest BCUT2D eigenvalue weighted by atomic mass is 32.1. The minimum absolute atomic E-state index is 0.654. The second-order valence-corrected chi connectivity index (χ2v) is 15.4. The van der Waals surface area contributed by atoms with Crippen LogP contribution in [0.1, 0.15) is 0 Å². The Labute approximate surface area is 326 Å². The fraction of sp³-hybridized carbons (Fsp3) is 0. The summed E-state index contributed by atoms with van der Waals surface area (Å²) in [5.41, 5.74) is 8.82. The number of aromatic nitrogens is 4. The molecule has 0 saturated carbocycles. The first-order valence-electron chi connectivity index (χ1n) is 18.9. The van der Waals surface area contributed by atoms with E-state index in [1.807, 2.05) is 35.6 Å². The molecule has 0 N–H and O–H groups in total. The third kappa shape index (κ3) is 4.68. The van der Waals surface area contributed by atoms with E-state index in [2.05, 4.69) is 162 Å². The largest absolute Gasteiger partial charge is 0.309 e. The molecule has 3 heterocycles. The van der Waals surface area contributed by atoms with Crippen molar-refractivity contribution in [3.05, 3.63) is 182 Å². The molecule has 0 fully saturated rings. The molecule has 0 atom stereocenters. The van der Waals surface area contributed by atoms with Gasteiger partial charge >= 0.3 is 0 Å². The first-order valence-corrected chi connectivity index (χ1v) is 19.7. The number of hydrogen-bond acceptors (Lipinski definition) is 4. The second-order valence-electron chi connectivity index (χ2n) is 14.4. The van der Waals surface area contributed by atoms with Gasteiger partial charge in [0.2, 0.25) is 0 Å². The fourth-order valence-corrected chi connectivity index (χ4v) is 9.91. The average Bonchev–Trinajstić information content (AvgIpc) is 3.83. The van der Waals surface area contributed by atoms with Gasteiger partial charge < -0.3 is 4.57 Å². The van der Waals surface area contributed by atoms with E-state index >= 15 is 0 Å². The van der Waals surface area contributed by atoms with Crippen molar-refractivity contribution in [2.45, 2.75) is 0 Å². The highest BCUT2D eigenvalue weighted by Gasteiger charge is 2.23. The van der Waals surface area contributed by atoms with Crippen molar-refractivity contribution in [2.24, 2.45) is 0 Å². The van der Waals surface area contributed by atoms with Gasteiger partial charge in [-0.2, -0.15) is 0 Å². The Hall–Kier alpha value is -7.21. The Morgan fingerprint density at radius 2 is 0.929 bits per heavy atom. The van der Waals surface area contributed by atoms with E-state index in [0.717, 1.165) is 27.9 Å². The highest BCUT2D eigenvalue weighted by Crippen LogP contribution is 2.49. The van der Waals surface area contributed by atoms with Gasteiger partial charge in [-0.1, -0.05) is 140 Å². The van der Waals surface area contributed by atoms with Gasteiger partial charge in [0.05, 0.1) is 11.0 Å². The standard InChI is InChI=1S/C51H30N4S/c1-4-13-31(14-5-1)32-23-25-34(26-24-32)50-52-49(33-15-6-2-7-16-33)53-51(54-50)39-28-27-38-41-30-44-42(29-40(41)37-20-12-22-45-46(37)47(38)48(39)56-45)36-19-10-11-21-43(36)55(44)35-17-8-3-9-18-35/h1-30H. The fourth-order valence-electron chi connectivity index (χ4n) is 8.65. The highest BCUT2D eigenvalue weighted by molar-refractivity contribution is 7.26. The van der Waals surface area contributed by atoms with Crippen molar-refractivity contribution in [1.82, 2.24) is 19.5 Å². The van der Waals surface area contributed by atoms with E-state index in [1.54, 1.807) is 0 Å². The third-order valence-corrected chi connectivity index (χ3v) is 12.4. The Balaban J connectivity index is 1.11. The van der Waals surface area contributed by atoms with Gasteiger partial charge in [-0.15, -0.1) is 11.3 Å². The van der Waals surface area contributed by atoms with Crippen LogP contribution in [0.4, 0.5) is 0 Å². The van der Waals surface area contributed by atoms with Gasteiger partial charge in [-0.05, 0) is 75.1 Å². The molecule has 4 nitrogen and oxygen atoms in total. The molecule has 0 spiro atoms. The lowest BCUT2D eigenvalue weighted by molar-refractivity contribution is 1.08. The Bertz CT molecular complexity index is 3440. The second kappa shape index (κ2) is 12.2. The number of fused-ring (bicyclic) bond motifs is 6. The Morgan fingerprint density at radius 3 is 1.70 bits per heavy atom. The maximum absolute atomic E-state index is 5.23. The van der Waals surface area contributed by atoms with Crippen LogP contribution < -0.4 is 0 Å². The molecule has 0 bridgehead atoms. The van der Waals surface area contributed by atoms with Crippen molar-refractivity contribution >= 4 is 74.9 Å². The summed E-state index contributed by atoms with van der Waals surface area (Å²) in [6.45, 7) is 0. The molecule has 0 amide bonds. The Kier molecular flexibility index (Phi) is 6.76. The summed E-state index contributed by atoms with van der Waals surface area (Å²) in [6, 6.07) is 64.8. The van der Waals surface area contributed by atoms with Crippen LogP contribution in [-0.4, -0.2) is 19.5 Å². The predicted octanol–water partition coefficient (Wildman–Crippen LogP) is 13.7. The van der Waals surface area contributed by atoms with Gasteiger partial charge in [0.15, 0.2) is 17.5 Å². The van der Waals surface area contributed by atoms with Crippen molar-refractivity contribution in [3.63, 3.8) is 0 Å². The number of hydrogen-bond donors (Lipinski definition) is 0. The van der Waals surface area contributed by atoms with Crippen LogP contribution in [0.2, 0.25) is 0 Å². The normalized spacial score (nSPS) is 11.9. The first kappa shape index (κ1) is 31.2. The molecule has 0 aliphatic heterocycles. The van der Waals surface area contributed by atoms with E-state index in [4.69, 9.17) is 15.0 Å². The van der Waals surface area contributed by atoms with Crippen LogP contribution in [0.15, 0.2) is 182 Å². The number of para-hydroxylation sites is 2. The molecule has 12 rings (SSSR count). The molecule has 260 valence electrons. The minimum atomic E-state index is 0.654. The van der Waals surface area contributed by atoms with E-state index in [9.17, 15) is 0 Å². The smallest absolute Gasteiger partial charge is 0.165 e. The van der Waals surface area contributed by atoms with Gasteiger partial charge in [-0.3, -0.25) is 0 Å². The van der Waals surface area contributed by atoms with Crippen LogP contribution in [0, 0.1) is 0 Å². The number of benzene rings is 9. The van der Waals surface area contributed by atoms with Gasteiger partial charge in [0.1, 0.15) is 0 Å². The molecular weight excluding hydrogens is 701 g/mol. The molecule has 9 aromatic carbocycles. The number of thiophene rings is 1. The van der Waals surface area contributed by atoms with Crippen LogP contribution in [-0.2, 0) is 0 Å². The monoisotopic (exact) mass is 730 g/mol. The summed E-state index contributed by atoms with van der Waals surface area (Å²) in [6.07, 6.45) is 0. The zero-order valence-corrected chi connectivity index (χ0v) is 30.8. The molecule has 0 aliphatic carbocycles. The maximum Gasteiger partial charge on any atom is 0.165 e. The molecule has 0 radical (unpaired) electrons. The summed E-state index contributed by atoms with van der Waals surface area (Å²) in [5.74, 6) is 1.98. The van der Waals surface area contributed by atoms with Crippen LogP contribution >= 0.6 is 11.3 Å². The summed E-state index contributed by atoms with van der Waals surface area (Å²) in [4.78, 5) is 15.5. The van der Waals surface area contributed by atoms with Crippen molar-refractivity contribution in [3.8, 4) is 51.0 Å². The predicted molar refractivity (Wildman–Crippen MR) is 235 cm³/mol. The molecule has 0 aliphatic rings. The molecule has 56 heavy (non-hydrogen) atoms. The van der Waals surface area contributed by atoms with Gasteiger partial charge in [0.25, 0.3) is 0 Å². The molecule has 0 unspecified atom stereocenters. The van der Waals surface area contributed by atoms with Crippen LogP contribution in [0.25, 0.3) is 115 Å². The molecule has 0 saturated heterocycles. The molecule has 3 aromatic heterocycles.